The molecule has 2 rings (SSSR count). The van der Waals surface area contributed by atoms with Crippen LogP contribution in [-0.4, -0.2) is 56.6 Å². The van der Waals surface area contributed by atoms with E-state index in [0.29, 0.717) is 6.54 Å². The van der Waals surface area contributed by atoms with Crippen molar-refractivity contribution in [2.24, 2.45) is 0 Å². The topological polar surface area (TPSA) is 67.1 Å². The van der Waals surface area contributed by atoms with Gasteiger partial charge in [0.05, 0.1) is 0 Å². The van der Waals surface area contributed by atoms with Gasteiger partial charge in [0, 0.05) is 11.7 Å². The Kier molecular flexibility index (Phi) is 6.75. The summed E-state index contributed by atoms with van der Waals surface area (Å²) in [5, 5.41) is 5.91. The number of nitrogens with one attached hydrogen (secondary N) is 4. The lowest BCUT2D eigenvalue weighted by atomic mass is 10.2. The van der Waals surface area contributed by atoms with Gasteiger partial charge >= 0.3 is 0 Å². The molecule has 0 unspecified atom stereocenters. The largest absolute Gasteiger partial charge is 0.349 e. The molecule has 1 atom stereocenters. The zero-order valence-electron chi connectivity index (χ0n) is 14.9. The van der Waals surface area contributed by atoms with E-state index in [0.717, 1.165) is 31.9 Å². The molecule has 1 aliphatic heterocycles. The fourth-order valence-corrected chi connectivity index (χ4v) is 3.09. The molecule has 1 saturated heterocycles. The third-order valence-electron chi connectivity index (χ3n) is 4.51. The van der Waals surface area contributed by atoms with Crippen LogP contribution in [0.15, 0.2) is 30.3 Å². The fraction of sp³-hybridized carbons (Fsp3) is 0.556. The van der Waals surface area contributed by atoms with E-state index in [1.165, 1.54) is 9.80 Å². The van der Waals surface area contributed by atoms with Gasteiger partial charge in [0.15, 0.2) is 12.6 Å². The summed E-state index contributed by atoms with van der Waals surface area (Å²) in [6, 6.07) is 9.66. The lowest BCUT2D eigenvalue weighted by Gasteiger charge is -2.32. The highest BCUT2D eigenvalue weighted by atomic mass is 16.2. The van der Waals surface area contributed by atoms with Crippen LogP contribution in [0.3, 0.4) is 0 Å². The minimum Gasteiger partial charge on any atom is -0.349 e. The summed E-state index contributed by atoms with van der Waals surface area (Å²) >= 11 is 0. The first-order chi connectivity index (χ1) is 11.5. The maximum Gasteiger partial charge on any atom is 0.282 e. The molecule has 1 fully saturated rings. The van der Waals surface area contributed by atoms with Crippen LogP contribution in [-0.2, 0) is 9.59 Å². The molecule has 2 amide bonds. The first kappa shape index (κ1) is 18.4. The summed E-state index contributed by atoms with van der Waals surface area (Å²) in [4.78, 5) is 26.8. The summed E-state index contributed by atoms with van der Waals surface area (Å²) in [5.41, 5.74) is 0.836. The molecule has 132 valence electrons. The van der Waals surface area contributed by atoms with Gasteiger partial charge in [-0.25, -0.2) is 0 Å². The molecular formula is C18H30N4O2+2. The van der Waals surface area contributed by atoms with E-state index in [-0.39, 0.29) is 23.9 Å². The van der Waals surface area contributed by atoms with Gasteiger partial charge in [-0.3, -0.25) is 9.59 Å². The Balaban J connectivity index is 1.77. The van der Waals surface area contributed by atoms with Crippen LogP contribution in [0.25, 0.3) is 0 Å². The molecule has 1 aliphatic rings. The lowest BCUT2D eigenvalue weighted by molar-refractivity contribution is -1.01. The highest BCUT2D eigenvalue weighted by Gasteiger charge is 2.31. The van der Waals surface area contributed by atoms with Crippen molar-refractivity contribution in [2.45, 2.75) is 32.9 Å². The standard InChI is InChI=1S/C18H28N4O2/c1-14(2)19-17(23)13-21-9-11-22(12-10-21)15(3)18(24)20-16-7-5-4-6-8-16/h4-8,14-15H,9-13H2,1-3H3,(H,19,23)(H,20,24)/p+2/t15-/m0/s1. The molecule has 24 heavy (non-hydrogen) atoms. The van der Waals surface area contributed by atoms with Crippen molar-refractivity contribution in [3.63, 3.8) is 0 Å². The van der Waals surface area contributed by atoms with Crippen LogP contribution < -0.4 is 20.4 Å². The predicted octanol–water partition coefficient (Wildman–Crippen LogP) is -1.68. The monoisotopic (exact) mass is 334 g/mol. The van der Waals surface area contributed by atoms with Crippen molar-refractivity contribution in [1.82, 2.24) is 5.32 Å². The molecule has 0 saturated carbocycles. The number of hydrogen-bond donors (Lipinski definition) is 4. The number of carbonyl (C=O) groups is 2. The second kappa shape index (κ2) is 8.80. The van der Waals surface area contributed by atoms with Gasteiger partial charge in [0.25, 0.3) is 11.8 Å². The third-order valence-corrected chi connectivity index (χ3v) is 4.51. The molecule has 0 bridgehead atoms. The Morgan fingerprint density at radius 2 is 1.67 bits per heavy atom. The van der Waals surface area contributed by atoms with Crippen LogP contribution in [0.2, 0.25) is 0 Å². The van der Waals surface area contributed by atoms with Gasteiger partial charge in [-0.1, -0.05) is 18.2 Å². The Morgan fingerprint density at radius 3 is 2.25 bits per heavy atom. The van der Waals surface area contributed by atoms with Crippen molar-refractivity contribution in [1.29, 1.82) is 0 Å². The summed E-state index contributed by atoms with van der Waals surface area (Å²) in [6.45, 7) is 10.1. The van der Waals surface area contributed by atoms with Crippen LogP contribution in [0.4, 0.5) is 5.69 Å². The second-order valence-corrected chi connectivity index (χ2v) is 6.88. The SMILES string of the molecule is CC(C)NC(=O)C[NH+]1CC[NH+]([C@@H](C)C(=O)Nc2ccccc2)CC1. The van der Waals surface area contributed by atoms with Crippen molar-refractivity contribution < 1.29 is 19.4 Å². The Morgan fingerprint density at radius 1 is 1.04 bits per heavy atom. The minimum absolute atomic E-state index is 0.0530. The predicted molar refractivity (Wildman–Crippen MR) is 94.1 cm³/mol. The van der Waals surface area contributed by atoms with Gasteiger partial charge < -0.3 is 20.4 Å². The highest BCUT2D eigenvalue weighted by molar-refractivity contribution is 5.93. The number of carbonyl (C=O) groups excluding carboxylic acids is 2. The average molecular weight is 334 g/mol. The van der Waals surface area contributed by atoms with E-state index >= 15 is 0 Å². The molecule has 0 aromatic heterocycles. The van der Waals surface area contributed by atoms with E-state index in [1.807, 2.05) is 51.1 Å². The van der Waals surface area contributed by atoms with Crippen LogP contribution in [0.1, 0.15) is 20.8 Å². The molecule has 1 aromatic rings. The van der Waals surface area contributed by atoms with Crippen LogP contribution in [0.5, 0.6) is 0 Å². The van der Waals surface area contributed by atoms with Crippen molar-refractivity contribution in [2.75, 3.05) is 38.0 Å². The fourth-order valence-electron chi connectivity index (χ4n) is 3.09. The van der Waals surface area contributed by atoms with Gasteiger partial charge in [-0.15, -0.1) is 0 Å². The number of quaternary nitrogens is 2. The van der Waals surface area contributed by atoms with E-state index in [2.05, 4.69) is 10.6 Å². The van der Waals surface area contributed by atoms with Gasteiger partial charge in [-0.2, -0.15) is 0 Å². The maximum atomic E-state index is 12.4. The normalized spacial score (nSPS) is 22.0. The van der Waals surface area contributed by atoms with E-state index < -0.39 is 0 Å². The Hall–Kier alpha value is -1.92. The van der Waals surface area contributed by atoms with Crippen molar-refractivity contribution in [3.05, 3.63) is 30.3 Å². The van der Waals surface area contributed by atoms with Crippen LogP contribution in [0, 0.1) is 0 Å². The number of benzene rings is 1. The first-order valence-electron chi connectivity index (χ1n) is 8.79. The molecule has 6 heteroatoms. The van der Waals surface area contributed by atoms with E-state index in [1.54, 1.807) is 0 Å². The molecule has 0 spiro atoms. The van der Waals surface area contributed by atoms with Crippen molar-refractivity contribution >= 4 is 17.5 Å². The lowest BCUT2D eigenvalue weighted by Crippen LogP contribution is -3.30. The minimum atomic E-state index is -0.0868. The Bertz CT molecular complexity index is 539. The number of amides is 2. The summed E-state index contributed by atoms with van der Waals surface area (Å²) in [7, 11) is 0. The average Bonchev–Trinajstić information content (AvgIpc) is 2.55. The quantitative estimate of drug-likeness (QED) is 0.502. The smallest absolute Gasteiger partial charge is 0.282 e. The number of rotatable bonds is 6. The Labute approximate surface area is 144 Å². The first-order valence-corrected chi connectivity index (χ1v) is 8.79. The van der Waals surface area contributed by atoms with Gasteiger partial charge in [0.2, 0.25) is 0 Å². The number of hydrogen-bond acceptors (Lipinski definition) is 2. The molecular weight excluding hydrogens is 304 g/mol. The third kappa shape index (κ3) is 5.62. The maximum absolute atomic E-state index is 12.4. The number of para-hydroxylation sites is 1. The molecule has 6 nitrogen and oxygen atoms in total. The highest BCUT2D eigenvalue weighted by Crippen LogP contribution is 2.04. The van der Waals surface area contributed by atoms with Crippen LogP contribution >= 0.6 is 0 Å². The molecule has 1 aromatic carbocycles. The second-order valence-electron chi connectivity index (χ2n) is 6.88. The summed E-state index contributed by atoms with van der Waals surface area (Å²) in [5.74, 6) is 0.163. The summed E-state index contributed by atoms with van der Waals surface area (Å²) < 4.78 is 0. The van der Waals surface area contributed by atoms with E-state index in [9.17, 15) is 9.59 Å². The zero-order valence-corrected chi connectivity index (χ0v) is 14.9. The number of anilines is 1. The summed E-state index contributed by atoms with van der Waals surface area (Å²) in [6.07, 6.45) is 0. The molecule has 0 radical (unpaired) electrons. The molecule has 4 N–H and O–H groups in total. The van der Waals surface area contributed by atoms with Crippen molar-refractivity contribution in [3.8, 4) is 0 Å². The molecule has 0 aliphatic carbocycles. The molecule has 1 heterocycles. The van der Waals surface area contributed by atoms with E-state index in [4.69, 9.17) is 0 Å². The number of piperazine rings is 1. The zero-order chi connectivity index (χ0) is 17.5. The van der Waals surface area contributed by atoms with Gasteiger partial charge in [-0.05, 0) is 32.9 Å². The van der Waals surface area contributed by atoms with Gasteiger partial charge in [0.1, 0.15) is 26.2 Å².